The molecule has 0 atom stereocenters. The first-order chi connectivity index (χ1) is 9.85. The molecule has 6 heteroatoms. The van der Waals surface area contributed by atoms with E-state index in [2.05, 4.69) is 51.7 Å². The van der Waals surface area contributed by atoms with Crippen molar-refractivity contribution in [2.45, 2.75) is 86.2 Å². The second-order valence-corrected chi connectivity index (χ2v) is 4.48. The molecule has 0 aromatic carbocycles. The van der Waals surface area contributed by atoms with E-state index in [1.54, 1.807) is 0 Å². The average Bonchev–Trinajstić information content (AvgIpc) is 3.02. The van der Waals surface area contributed by atoms with E-state index < -0.39 is 11.7 Å². The van der Waals surface area contributed by atoms with Crippen LogP contribution in [0.15, 0.2) is 12.4 Å². The van der Waals surface area contributed by atoms with Crippen LogP contribution in [0.25, 0.3) is 0 Å². The zero-order chi connectivity index (χ0) is 17.1. The number of nitrogens with zero attached hydrogens (tertiary/aromatic N) is 1. The van der Waals surface area contributed by atoms with Gasteiger partial charge in [-0.3, -0.25) is 5.10 Å². The molecule has 1 aromatic rings. The summed E-state index contributed by atoms with van der Waals surface area (Å²) in [6, 6.07) is 0. The summed E-state index contributed by atoms with van der Waals surface area (Å²) in [4.78, 5) is 0. The molecular formula is C16H33F3N2Sn. The van der Waals surface area contributed by atoms with E-state index in [4.69, 9.17) is 0 Å². The predicted octanol–water partition coefficient (Wildman–Crippen LogP) is 6.47. The van der Waals surface area contributed by atoms with E-state index in [1.165, 1.54) is 38.5 Å². The summed E-state index contributed by atoms with van der Waals surface area (Å²) in [6.45, 7) is 13.1. The molecule has 22 heavy (non-hydrogen) atoms. The van der Waals surface area contributed by atoms with Crippen LogP contribution >= 0.6 is 0 Å². The number of hydrogen-bond acceptors (Lipinski definition) is 1. The van der Waals surface area contributed by atoms with Crippen LogP contribution in [0.2, 0.25) is 0 Å². The van der Waals surface area contributed by atoms with E-state index in [1.807, 2.05) is 0 Å². The topological polar surface area (TPSA) is 28.7 Å². The molecule has 132 valence electrons. The molecule has 0 unspecified atom stereocenters. The van der Waals surface area contributed by atoms with Gasteiger partial charge >= 0.3 is 6.18 Å². The Balaban J connectivity index is -0.000000107. The minimum Gasteiger partial charge on any atom is -0.285 e. The standard InChI is InChI=1S/C4H3F3N2.3C4H10.Sn/c5-4(6,7)3-1-8-9-2-3;3*1-3-4-2;/h1-2H,(H,8,9);3*3-4H2,1-2H3;. The van der Waals surface area contributed by atoms with Gasteiger partial charge in [-0.1, -0.05) is 80.1 Å². The van der Waals surface area contributed by atoms with Gasteiger partial charge in [0.15, 0.2) is 0 Å². The molecular weight excluding hydrogens is 396 g/mol. The third-order valence-electron chi connectivity index (χ3n) is 2.33. The molecule has 0 saturated carbocycles. The van der Waals surface area contributed by atoms with Crippen molar-refractivity contribution in [1.82, 2.24) is 10.2 Å². The van der Waals surface area contributed by atoms with Gasteiger partial charge in [0.05, 0.1) is 11.8 Å². The summed E-state index contributed by atoms with van der Waals surface area (Å²) in [7, 11) is 0. The number of nitrogens with one attached hydrogen (secondary N) is 1. The maximum atomic E-state index is 11.6. The fraction of sp³-hybridized carbons (Fsp3) is 0.812. The molecule has 0 amide bonds. The van der Waals surface area contributed by atoms with Crippen molar-refractivity contribution in [3.8, 4) is 0 Å². The van der Waals surface area contributed by atoms with Crippen molar-refractivity contribution in [3.05, 3.63) is 18.0 Å². The monoisotopic (exact) mass is 430 g/mol. The van der Waals surface area contributed by atoms with Crippen LogP contribution in [-0.4, -0.2) is 34.1 Å². The minimum atomic E-state index is -4.27. The van der Waals surface area contributed by atoms with Crippen LogP contribution in [0.1, 0.15) is 85.6 Å². The van der Waals surface area contributed by atoms with Crippen molar-refractivity contribution >= 4 is 23.9 Å². The summed E-state index contributed by atoms with van der Waals surface area (Å²) in [5, 5.41) is 5.21. The number of alkyl halides is 3. The van der Waals surface area contributed by atoms with E-state index in [-0.39, 0.29) is 23.9 Å². The van der Waals surface area contributed by atoms with Crippen LogP contribution in [0.3, 0.4) is 0 Å². The summed E-state index contributed by atoms with van der Waals surface area (Å²) in [5.41, 5.74) is -0.748. The zero-order valence-electron chi connectivity index (χ0n) is 15.0. The van der Waals surface area contributed by atoms with E-state index >= 15 is 0 Å². The van der Waals surface area contributed by atoms with Crippen molar-refractivity contribution in [2.24, 2.45) is 0 Å². The maximum Gasteiger partial charge on any atom is 0.419 e. The number of halogens is 3. The van der Waals surface area contributed by atoms with Gasteiger partial charge in [0.1, 0.15) is 0 Å². The Morgan fingerprint density at radius 1 is 0.818 bits per heavy atom. The van der Waals surface area contributed by atoms with Crippen LogP contribution < -0.4 is 0 Å². The summed E-state index contributed by atoms with van der Waals surface area (Å²) >= 11 is 0. The Labute approximate surface area is 151 Å². The maximum absolute atomic E-state index is 11.6. The largest absolute Gasteiger partial charge is 0.419 e. The third kappa shape index (κ3) is 28.0. The summed E-state index contributed by atoms with van der Waals surface area (Å²) in [6.07, 6.45) is 5.19. The Morgan fingerprint density at radius 3 is 1.23 bits per heavy atom. The Morgan fingerprint density at radius 2 is 1.14 bits per heavy atom. The Hall–Kier alpha value is -0.201. The van der Waals surface area contributed by atoms with Crippen molar-refractivity contribution in [2.75, 3.05) is 0 Å². The number of H-pyrrole nitrogens is 1. The van der Waals surface area contributed by atoms with Gasteiger partial charge in [-0.2, -0.15) is 18.3 Å². The number of unbranched alkanes of at least 4 members (excludes halogenated alkanes) is 3. The number of aromatic amines is 1. The summed E-state index contributed by atoms with van der Waals surface area (Å²) < 4.78 is 34.7. The third-order valence-corrected chi connectivity index (χ3v) is 2.33. The zero-order valence-corrected chi connectivity index (χ0v) is 17.8. The van der Waals surface area contributed by atoms with Gasteiger partial charge in [0.2, 0.25) is 0 Å². The second kappa shape index (κ2) is 23.1. The molecule has 0 bridgehead atoms. The van der Waals surface area contributed by atoms with Gasteiger partial charge in [0, 0.05) is 30.1 Å². The molecule has 0 spiro atoms. The summed E-state index contributed by atoms with van der Waals surface area (Å²) in [5.74, 6) is 0. The predicted molar refractivity (Wildman–Crippen MR) is 91.1 cm³/mol. The van der Waals surface area contributed by atoms with E-state index in [9.17, 15) is 13.2 Å². The number of hydrogen-bond donors (Lipinski definition) is 1. The van der Waals surface area contributed by atoms with Crippen molar-refractivity contribution in [3.63, 3.8) is 0 Å². The quantitative estimate of drug-likeness (QED) is 0.549. The number of aromatic nitrogens is 2. The van der Waals surface area contributed by atoms with Crippen LogP contribution in [0.4, 0.5) is 13.2 Å². The van der Waals surface area contributed by atoms with E-state index in [0.717, 1.165) is 12.4 Å². The molecule has 4 radical (unpaired) electrons. The van der Waals surface area contributed by atoms with Crippen LogP contribution in [0, 0.1) is 0 Å². The van der Waals surface area contributed by atoms with Crippen LogP contribution in [0.5, 0.6) is 0 Å². The molecule has 0 aliphatic heterocycles. The molecule has 0 saturated heterocycles. The van der Waals surface area contributed by atoms with E-state index in [0.29, 0.717) is 0 Å². The first-order valence-electron chi connectivity index (χ1n) is 7.91. The molecule has 0 aliphatic rings. The average molecular weight is 429 g/mol. The fourth-order valence-corrected chi connectivity index (χ4v) is 0.406. The molecule has 1 rings (SSSR count). The smallest absolute Gasteiger partial charge is 0.285 e. The van der Waals surface area contributed by atoms with Gasteiger partial charge < -0.3 is 0 Å². The molecule has 0 aliphatic carbocycles. The van der Waals surface area contributed by atoms with Gasteiger partial charge in [0.25, 0.3) is 0 Å². The van der Waals surface area contributed by atoms with Gasteiger partial charge in [-0.05, 0) is 0 Å². The molecule has 1 aromatic heterocycles. The minimum absolute atomic E-state index is 0. The second-order valence-electron chi connectivity index (χ2n) is 4.48. The first kappa shape index (κ1) is 29.8. The molecule has 1 N–H and O–H groups in total. The Kier molecular flexibility index (Phi) is 31.2. The SMILES string of the molecule is CCCC.CCCC.CCCC.FC(F)(F)c1cn[nH]c1.[Sn]. The first-order valence-corrected chi connectivity index (χ1v) is 7.91. The molecule has 2 nitrogen and oxygen atoms in total. The fourth-order valence-electron chi connectivity index (χ4n) is 0.406. The van der Waals surface area contributed by atoms with Gasteiger partial charge in [-0.15, -0.1) is 0 Å². The normalized spacial score (nSPS) is 8.95. The van der Waals surface area contributed by atoms with Crippen molar-refractivity contribution < 1.29 is 13.2 Å². The van der Waals surface area contributed by atoms with Crippen molar-refractivity contribution in [1.29, 1.82) is 0 Å². The Bertz CT molecular complexity index is 247. The van der Waals surface area contributed by atoms with Gasteiger partial charge in [-0.25, -0.2) is 0 Å². The number of rotatable bonds is 3. The van der Waals surface area contributed by atoms with Crippen LogP contribution in [-0.2, 0) is 6.18 Å². The molecule has 0 fully saturated rings. The molecule has 1 heterocycles.